The average Bonchev–Trinajstić information content (AvgIpc) is 3.33. The molecule has 0 aliphatic rings. The van der Waals surface area contributed by atoms with E-state index in [1.165, 1.54) is 11.8 Å². The SMILES string of the molecule is CCn1c(SCC(=O)NNC(=O)c2ccc(C)cc2)nnc1-c1cccs1. The molecule has 0 radical (unpaired) electrons. The Morgan fingerprint density at radius 3 is 2.59 bits per heavy atom. The topological polar surface area (TPSA) is 88.9 Å². The summed E-state index contributed by atoms with van der Waals surface area (Å²) in [7, 11) is 0. The van der Waals surface area contributed by atoms with Gasteiger partial charge in [-0.3, -0.25) is 20.4 Å². The van der Waals surface area contributed by atoms with Crippen LogP contribution in [0, 0.1) is 6.92 Å². The molecule has 2 heterocycles. The predicted molar refractivity (Wildman–Crippen MR) is 107 cm³/mol. The van der Waals surface area contributed by atoms with Gasteiger partial charge in [-0.1, -0.05) is 35.5 Å². The van der Waals surface area contributed by atoms with E-state index in [4.69, 9.17) is 0 Å². The summed E-state index contributed by atoms with van der Waals surface area (Å²) in [5.74, 6) is 0.244. The van der Waals surface area contributed by atoms with Gasteiger partial charge in [0.15, 0.2) is 11.0 Å². The number of hydrazine groups is 1. The third-order valence-corrected chi connectivity index (χ3v) is 5.57. The molecule has 1 aromatic carbocycles. The molecule has 2 N–H and O–H groups in total. The second kappa shape index (κ2) is 8.83. The molecule has 0 fully saturated rings. The minimum absolute atomic E-state index is 0.122. The molecule has 0 aliphatic carbocycles. The molecule has 0 unspecified atom stereocenters. The quantitative estimate of drug-likeness (QED) is 0.490. The van der Waals surface area contributed by atoms with Crippen LogP contribution in [0.2, 0.25) is 0 Å². The number of nitrogens with one attached hydrogen (secondary N) is 2. The van der Waals surface area contributed by atoms with Crippen molar-refractivity contribution in [2.45, 2.75) is 25.5 Å². The van der Waals surface area contributed by atoms with Crippen LogP contribution in [-0.2, 0) is 11.3 Å². The first-order chi connectivity index (χ1) is 13.1. The maximum Gasteiger partial charge on any atom is 0.269 e. The number of nitrogens with zero attached hydrogens (tertiary/aromatic N) is 3. The van der Waals surface area contributed by atoms with Gasteiger partial charge in [-0.2, -0.15) is 0 Å². The van der Waals surface area contributed by atoms with Crippen molar-refractivity contribution in [1.29, 1.82) is 0 Å². The first kappa shape index (κ1) is 19.1. The largest absolute Gasteiger partial charge is 0.302 e. The number of thiophene rings is 1. The first-order valence-electron chi connectivity index (χ1n) is 8.34. The molecule has 0 atom stereocenters. The van der Waals surface area contributed by atoms with Crippen LogP contribution in [0.5, 0.6) is 0 Å². The van der Waals surface area contributed by atoms with E-state index in [0.717, 1.165) is 16.3 Å². The highest BCUT2D eigenvalue weighted by atomic mass is 32.2. The molecule has 3 aromatic rings. The average molecular weight is 402 g/mol. The molecule has 2 aromatic heterocycles. The molecule has 0 saturated heterocycles. The molecule has 0 saturated carbocycles. The standard InChI is InChI=1S/C18H19N5O2S2/c1-3-23-16(14-5-4-10-26-14)20-22-18(23)27-11-15(24)19-21-17(25)13-8-6-12(2)7-9-13/h4-10H,3,11H2,1-2H3,(H,19,24)(H,21,25). The molecule has 9 heteroatoms. The van der Waals surface area contributed by atoms with Crippen molar-refractivity contribution in [2.75, 3.05) is 5.75 Å². The zero-order valence-corrected chi connectivity index (χ0v) is 16.6. The number of hydrogen-bond acceptors (Lipinski definition) is 6. The van der Waals surface area contributed by atoms with Gasteiger partial charge in [0.1, 0.15) is 0 Å². The Labute approximate surface area is 165 Å². The summed E-state index contributed by atoms with van der Waals surface area (Å²) >= 11 is 2.87. The van der Waals surface area contributed by atoms with E-state index >= 15 is 0 Å². The van der Waals surface area contributed by atoms with Crippen LogP contribution in [0.25, 0.3) is 10.7 Å². The van der Waals surface area contributed by atoms with Gasteiger partial charge >= 0.3 is 0 Å². The normalized spacial score (nSPS) is 10.6. The van der Waals surface area contributed by atoms with Crippen molar-refractivity contribution < 1.29 is 9.59 Å². The molecular weight excluding hydrogens is 382 g/mol. The van der Waals surface area contributed by atoms with Crippen LogP contribution in [-0.4, -0.2) is 32.3 Å². The minimum Gasteiger partial charge on any atom is -0.302 e. The lowest BCUT2D eigenvalue weighted by atomic mass is 10.1. The number of carbonyl (C=O) groups excluding carboxylic acids is 2. The minimum atomic E-state index is -0.356. The van der Waals surface area contributed by atoms with Gasteiger partial charge in [0.2, 0.25) is 5.91 Å². The molecular formula is C18H19N5O2S2. The lowest BCUT2D eigenvalue weighted by Crippen LogP contribution is -2.42. The Morgan fingerprint density at radius 1 is 1.15 bits per heavy atom. The van der Waals surface area contributed by atoms with E-state index in [0.29, 0.717) is 17.3 Å². The first-order valence-corrected chi connectivity index (χ1v) is 10.2. The summed E-state index contributed by atoms with van der Waals surface area (Å²) in [6.45, 7) is 4.65. The number of carbonyl (C=O) groups is 2. The van der Waals surface area contributed by atoms with E-state index in [2.05, 4.69) is 21.0 Å². The maximum atomic E-state index is 12.0. The second-order valence-electron chi connectivity index (χ2n) is 5.68. The van der Waals surface area contributed by atoms with Crippen molar-refractivity contribution in [2.24, 2.45) is 0 Å². The highest BCUT2D eigenvalue weighted by Crippen LogP contribution is 2.26. The summed E-state index contributed by atoms with van der Waals surface area (Å²) in [4.78, 5) is 25.1. The molecule has 2 amide bonds. The summed E-state index contributed by atoms with van der Waals surface area (Å²) in [6.07, 6.45) is 0. The van der Waals surface area contributed by atoms with Gasteiger partial charge in [-0.05, 0) is 37.4 Å². The van der Waals surface area contributed by atoms with E-state index in [1.807, 2.05) is 48.1 Å². The number of thioether (sulfide) groups is 1. The van der Waals surface area contributed by atoms with E-state index in [1.54, 1.807) is 23.5 Å². The number of benzene rings is 1. The third-order valence-electron chi connectivity index (χ3n) is 3.74. The molecule has 27 heavy (non-hydrogen) atoms. The van der Waals surface area contributed by atoms with E-state index in [-0.39, 0.29) is 17.6 Å². The highest BCUT2D eigenvalue weighted by Gasteiger charge is 2.15. The number of hydrogen-bond donors (Lipinski definition) is 2. The van der Waals surface area contributed by atoms with Gasteiger partial charge in [0.25, 0.3) is 5.91 Å². The van der Waals surface area contributed by atoms with Gasteiger partial charge in [-0.15, -0.1) is 21.5 Å². The van der Waals surface area contributed by atoms with Crippen LogP contribution in [0.15, 0.2) is 46.9 Å². The summed E-state index contributed by atoms with van der Waals surface area (Å²) in [5.41, 5.74) is 6.39. The third kappa shape index (κ3) is 4.75. The number of aryl methyl sites for hydroxylation is 1. The summed E-state index contributed by atoms with van der Waals surface area (Å²) in [5, 5.41) is 11.1. The Bertz CT molecular complexity index is 920. The Morgan fingerprint density at radius 2 is 1.93 bits per heavy atom. The molecule has 0 aliphatic heterocycles. The van der Waals surface area contributed by atoms with Gasteiger partial charge in [0, 0.05) is 12.1 Å². The van der Waals surface area contributed by atoms with E-state index in [9.17, 15) is 9.59 Å². The second-order valence-corrected chi connectivity index (χ2v) is 7.57. The Balaban J connectivity index is 1.53. The maximum absolute atomic E-state index is 12.0. The predicted octanol–water partition coefficient (Wildman–Crippen LogP) is 2.89. The molecule has 0 bridgehead atoms. The smallest absolute Gasteiger partial charge is 0.269 e. The fourth-order valence-electron chi connectivity index (χ4n) is 2.34. The fraction of sp³-hybridized carbons (Fsp3) is 0.222. The van der Waals surface area contributed by atoms with Gasteiger partial charge in [-0.25, -0.2) is 0 Å². The van der Waals surface area contributed by atoms with Gasteiger partial charge < -0.3 is 4.57 Å². The zero-order chi connectivity index (χ0) is 19.2. The monoisotopic (exact) mass is 401 g/mol. The Hall–Kier alpha value is -2.65. The Kier molecular flexibility index (Phi) is 6.25. The van der Waals surface area contributed by atoms with Crippen LogP contribution >= 0.6 is 23.1 Å². The van der Waals surface area contributed by atoms with Crippen LogP contribution in [0.3, 0.4) is 0 Å². The number of aromatic nitrogens is 3. The van der Waals surface area contributed by atoms with E-state index < -0.39 is 0 Å². The molecule has 140 valence electrons. The van der Waals surface area contributed by atoms with Crippen molar-refractivity contribution >= 4 is 34.9 Å². The number of amides is 2. The highest BCUT2D eigenvalue weighted by molar-refractivity contribution is 7.99. The molecule has 7 nitrogen and oxygen atoms in total. The summed E-state index contributed by atoms with van der Waals surface area (Å²) in [6, 6.07) is 11.1. The zero-order valence-electron chi connectivity index (χ0n) is 14.9. The fourth-order valence-corrected chi connectivity index (χ4v) is 3.86. The van der Waals surface area contributed by atoms with Crippen LogP contribution in [0.1, 0.15) is 22.8 Å². The number of rotatable bonds is 6. The lowest BCUT2D eigenvalue weighted by Gasteiger charge is -2.08. The van der Waals surface area contributed by atoms with Crippen molar-refractivity contribution in [1.82, 2.24) is 25.6 Å². The lowest BCUT2D eigenvalue weighted by molar-refractivity contribution is -0.119. The summed E-state index contributed by atoms with van der Waals surface area (Å²) < 4.78 is 1.97. The molecule has 0 spiro atoms. The van der Waals surface area contributed by atoms with Crippen LogP contribution < -0.4 is 10.9 Å². The van der Waals surface area contributed by atoms with Crippen molar-refractivity contribution in [3.63, 3.8) is 0 Å². The van der Waals surface area contributed by atoms with Crippen LogP contribution in [0.4, 0.5) is 0 Å². The van der Waals surface area contributed by atoms with Gasteiger partial charge in [0.05, 0.1) is 10.6 Å². The molecule has 3 rings (SSSR count). The van der Waals surface area contributed by atoms with Crippen molar-refractivity contribution in [3.05, 3.63) is 52.9 Å². The van der Waals surface area contributed by atoms with Crippen molar-refractivity contribution in [3.8, 4) is 10.7 Å².